The number of quaternary nitrogens is 1. The lowest BCUT2D eigenvalue weighted by molar-refractivity contribution is -0.885. The van der Waals surface area contributed by atoms with Crippen molar-refractivity contribution in [2.45, 2.75) is 27.3 Å². The Balaban J connectivity index is 1.63. The first-order valence-corrected chi connectivity index (χ1v) is 9.09. The minimum Gasteiger partial charge on any atom is -0.326 e. The van der Waals surface area contributed by atoms with Crippen LogP contribution >= 0.6 is 0 Å². The van der Waals surface area contributed by atoms with Gasteiger partial charge in [0.25, 0.3) is 5.91 Å². The molecule has 3 aromatic rings. The van der Waals surface area contributed by atoms with E-state index >= 15 is 0 Å². The first kappa shape index (κ1) is 18.2. The van der Waals surface area contributed by atoms with Crippen LogP contribution in [0.1, 0.15) is 22.3 Å². The van der Waals surface area contributed by atoms with Gasteiger partial charge in [0.05, 0.1) is 7.05 Å². The fourth-order valence-corrected chi connectivity index (χ4v) is 3.59. The Morgan fingerprint density at radius 3 is 2.27 bits per heavy atom. The highest BCUT2D eigenvalue weighted by Gasteiger charge is 2.13. The molecule has 1 unspecified atom stereocenters. The molecule has 0 heterocycles. The number of carbonyl (C=O) groups excluding carboxylic acids is 1. The minimum atomic E-state index is 0.0540. The molecule has 134 valence electrons. The molecule has 0 aliphatic rings. The van der Waals surface area contributed by atoms with Gasteiger partial charge in [0.2, 0.25) is 0 Å². The van der Waals surface area contributed by atoms with Crippen molar-refractivity contribution in [3.05, 3.63) is 76.9 Å². The van der Waals surface area contributed by atoms with E-state index in [1.165, 1.54) is 26.8 Å². The molecule has 0 aliphatic heterocycles. The van der Waals surface area contributed by atoms with Gasteiger partial charge >= 0.3 is 0 Å². The molecule has 1 atom stereocenters. The molecular formula is C23H27N2O+. The van der Waals surface area contributed by atoms with Gasteiger partial charge in [0.15, 0.2) is 6.54 Å². The van der Waals surface area contributed by atoms with E-state index in [0.29, 0.717) is 6.54 Å². The molecule has 26 heavy (non-hydrogen) atoms. The van der Waals surface area contributed by atoms with Crippen LogP contribution in [0.25, 0.3) is 10.8 Å². The van der Waals surface area contributed by atoms with E-state index in [4.69, 9.17) is 0 Å². The van der Waals surface area contributed by atoms with Gasteiger partial charge in [-0.1, -0.05) is 54.1 Å². The smallest absolute Gasteiger partial charge is 0.279 e. The third kappa shape index (κ3) is 4.30. The Hall–Kier alpha value is -2.65. The predicted octanol–water partition coefficient (Wildman–Crippen LogP) is 3.42. The van der Waals surface area contributed by atoms with Crippen molar-refractivity contribution in [1.29, 1.82) is 0 Å². The maximum Gasteiger partial charge on any atom is 0.279 e. The zero-order valence-corrected chi connectivity index (χ0v) is 16.0. The van der Waals surface area contributed by atoms with Crippen LogP contribution in [0.2, 0.25) is 0 Å². The number of hydrogen-bond acceptors (Lipinski definition) is 1. The van der Waals surface area contributed by atoms with E-state index in [1.54, 1.807) is 0 Å². The molecule has 0 saturated heterocycles. The third-order valence-corrected chi connectivity index (χ3v) is 4.72. The minimum absolute atomic E-state index is 0.0540. The molecule has 0 bridgehead atoms. The predicted molar refractivity (Wildman–Crippen MR) is 109 cm³/mol. The third-order valence-electron chi connectivity index (χ3n) is 4.72. The molecule has 0 radical (unpaired) electrons. The second-order valence-electron chi connectivity index (χ2n) is 7.31. The van der Waals surface area contributed by atoms with Gasteiger partial charge in [-0.3, -0.25) is 4.79 Å². The molecule has 0 saturated carbocycles. The van der Waals surface area contributed by atoms with E-state index in [2.05, 4.69) is 73.9 Å². The van der Waals surface area contributed by atoms with Crippen LogP contribution < -0.4 is 10.2 Å². The van der Waals surface area contributed by atoms with Crippen LogP contribution in [0.4, 0.5) is 5.69 Å². The Bertz CT molecular complexity index is 923. The van der Waals surface area contributed by atoms with Gasteiger partial charge in [0.1, 0.15) is 6.54 Å². The summed E-state index contributed by atoms with van der Waals surface area (Å²) in [6.07, 6.45) is 0. The van der Waals surface area contributed by atoms with Gasteiger partial charge in [-0.25, -0.2) is 0 Å². The average Bonchev–Trinajstić information content (AvgIpc) is 2.58. The van der Waals surface area contributed by atoms with Crippen molar-refractivity contribution in [1.82, 2.24) is 0 Å². The molecule has 3 nitrogen and oxygen atoms in total. The first-order chi connectivity index (χ1) is 12.4. The highest BCUT2D eigenvalue weighted by Crippen LogP contribution is 2.21. The van der Waals surface area contributed by atoms with E-state index < -0.39 is 0 Å². The molecule has 3 rings (SSSR count). The summed E-state index contributed by atoms with van der Waals surface area (Å²) in [6, 6.07) is 19.1. The lowest BCUT2D eigenvalue weighted by Crippen LogP contribution is -3.08. The lowest BCUT2D eigenvalue weighted by Gasteiger charge is -2.16. The quantitative estimate of drug-likeness (QED) is 0.728. The second-order valence-corrected chi connectivity index (χ2v) is 7.31. The van der Waals surface area contributed by atoms with E-state index in [1.807, 2.05) is 13.8 Å². The lowest BCUT2D eigenvalue weighted by atomic mass is 10.1. The summed E-state index contributed by atoms with van der Waals surface area (Å²) in [6.45, 7) is 7.43. The van der Waals surface area contributed by atoms with Crippen LogP contribution in [0, 0.1) is 20.8 Å². The largest absolute Gasteiger partial charge is 0.326 e. The molecule has 0 aliphatic carbocycles. The first-order valence-electron chi connectivity index (χ1n) is 9.09. The monoisotopic (exact) mass is 347 g/mol. The summed E-state index contributed by atoms with van der Waals surface area (Å²) in [4.78, 5) is 13.6. The molecule has 3 aromatic carbocycles. The average molecular weight is 347 g/mol. The molecule has 0 spiro atoms. The highest BCUT2D eigenvalue weighted by atomic mass is 16.2. The van der Waals surface area contributed by atoms with Crippen molar-refractivity contribution in [3.8, 4) is 0 Å². The van der Waals surface area contributed by atoms with Crippen LogP contribution in [0.3, 0.4) is 0 Å². The molecular weight excluding hydrogens is 320 g/mol. The van der Waals surface area contributed by atoms with E-state index in [9.17, 15) is 4.79 Å². The number of amides is 1. The Morgan fingerprint density at radius 2 is 1.58 bits per heavy atom. The molecule has 0 fully saturated rings. The number of fused-ring (bicyclic) bond motifs is 1. The number of hydrogen-bond donors (Lipinski definition) is 2. The summed E-state index contributed by atoms with van der Waals surface area (Å²) in [5, 5.41) is 5.58. The van der Waals surface area contributed by atoms with Crippen molar-refractivity contribution < 1.29 is 9.69 Å². The maximum atomic E-state index is 12.5. The number of nitrogens with one attached hydrogen (secondary N) is 2. The highest BCUT2D eigenvalue weighted by molar-refractivity contribution is 5.93. The number of anilines is 1. The van der Waals surface area contributed by atoms with Gasteiger partial charge in [0, 0.05) is 11.3 Å². The van der Waals surface area contributed by atoms with Crippen LogP contribution in [-0.2, 0) is 11.3 Å². The summed E-state index contributed by atoms with van der Waals surface area (Å²) in [5.41, 5.74) is 5.64. The second kappa shape index (κ2) is 7.71. The molecule has 2 N–H and O–H groups in total. The standard InChI is InChI=1S/C23H26N2O/c1-16-11-17(2)23(18(3)12-16)24-22(26)15-25(4)14-19-9-10-20-7-5-6-8-21(20)13-19/h5-13H,14-15H2,1-4H3,(H,24,26)/p+1. The zero-order chi connectivity index (χ0) is 18.7. The topological polar surface area (TPSA) is 33.5 Å². The van der Waals surface area contributed by atoms with Crippen LogP contribution in [-0.4, -0.2) is 19.5 Å². The normalized spacial score (nSPS) is 12.2. The Labute approximate surface area is 155 Å². The van der Waals surface area contributed by atoms with Gasteiger partial charge < -0.3 is 10.2 Å². The Kier molecular flexibility index (Phi) is 5.38. The van der Waals surface area contributed by atoms with Crippen molar-refractivity contribution in [2.75, 3.05) is 18.9 Å². The van der Waals surface area contributed by atoms with Crippen molar-refractivity contribution in [3.63, 3.8) is 0 Å². The zero-order valence-electron chi connectivity index (χ0n) is 16.0. The Morgan fingerprint density at radius 1 is 0.923 bits per heavy atom. The SMILES string of the molecule is Cc1cc(C)c(NC(=O)C[NH+](C)Cc2ccc3ccccc3c2)c(C)c1. The summed E-state index contributed by atoms with van der Waals surface area (Å²) in [7, 11) is 2.06. The van der Waals surface area contributed by atoms with Gasteiger partial charge in [-0.15, -0.1) is 0 Å². The number of aryl methyl sites for hydroxylation is 3. The van der Waals surface area contributed by atoms with E-state index in [0.717, 1.165) is 23.4 Å². The fraction of sp³-hybridized carbons (Fsp3) is 0.261. The molecule has 1 amide bonds. The summed E-state index contributed by atoms with van der Waals surface area (Å²) >= 11 is 0. The van der Waals surface area contributed by atoms with Crippen LogP contribution in [0.5, 0.6) is 0 Å². The van der Waals surface area contributed by atoms with Crippen molar-refractivity contribution >= 4 is 22.4 Å². The van der Waals surface area contributed by atoms with Gasteiger partial charge in [-0.2, -0.15) is 0 Å². The summed E-state index contributed by atoms with van der Waals surface area (Å²) < 4.78 is 0. The number of likely N-dealkylation sites (N-methyl/N-ethyl adjacent to an activating group) is 1. The molecule has 0 aromatic heterocycles. The molecule has 3 heteroatoms. The van der Waals surface area contributed by atoms with Crippen molar-refractivity contribution in [2.24, 2.45) is 0 Å². The maximum absolute atomic E-state index is 12.5. The van der Waals surface area contributed by atoms with Gasteiger partial charge in [-0.05, 0) is 48.7 Å². The number of benzene rings is 3. The summed E-state index contributed by atoms with van der Waals surface area (Å²) in [5.74, 6) is 0.0540. The van der Waals surface area contributed by atoms with Crippen LogP contribution in [0.15, 0.2) is 54.6 Å². The van der Waals surface area contributed by atoms with E-state index in [-0.39, 0.29) is 5.91 Å². The number of rotatable bonds is 5. The fourth-order valence-electron chi connectivity index (χ4n) is 3.59. The number of carbonyl (C=O) groups is 1.